The molecule has 1 rings (SSSR count). The van der Waals surface area contributed by atoms with Gasteiger partial charge in [-0.2, -0.15) is 0 Å². The molecular weight excluding hydrogens is 695 g/mol. The van der Waals surface area contributed by atoms with Gasteiger partial charge in [-0.1, -0.05) is 137 Å². The number of allylic oxidation sites excluding steroid dienone is 15. The molecule has 7 unspecified atom stereocenters. The summed E-state index contributed by atoms with van der Waals surface area (Å²) in [4.78, 5) is 12.9. The van der Waals surface area contributed by atoms with Gasteiger partial charge in [-0.3, -0.25) is 4.79 Å². The highest BCUT2D eigenvalue weighted by molar-refractivity contribution is 5.76. The number of rotatable bonds is 32. The van der Waals surface area contributed by atoms with E-state index in [0.717, 1.165) is 70.6 Å². The number of hydrogen-bond donors (Lipinski definition) is 6. The molecule has 0 bridgehead atoms. The van der Waals surface area contributed by atoms with Crippen molar-refractivity contribution in [2.24, 2.45) is 0 Å². The highest BCUT2D eigenvalue weighted by Crippen LogP contribution is 2.22. The van der Waals surface area contributed by atoms with Crippen molar-refractivity contribution in [3.8, 4) is 0 Å². The predicted molar refractivity (Wildman–Crippen MR) is 225 cm³/mol. The van der Waals surface area contributed by atoms with Gasteiger partial charge < -0.3 is 40.3 Å². The fourth-order valence-corrected chi connectivity index (χ4v) is 5.76. The van der Waals surface area contributed by atoms with E-state index >= 15 is 0 Å². The fourth-order valence-electron chi connectivity index (χ4n) is 5.76. The van der Waals surface area contributed by atoms with Crippen LogP contribution in [0.2, 0.25) is 0 Å². The molecule has 1 saturated heterocycles. The van der Waals surface area contributed by atoms with Gasteiger partial charge in [0.1, 0.15) is 24.4 Å². The minimum absolute atomic E-state index is 0.226. The smallest absolute Gasteiger partial charge is 0.220 e. The summed E-state index contributed by atoms with van der Waals surface area (Å²) in [5.41, 5.74) is 0. The van der Waals surface area contributed by atoms with E-state index in [9.17, 15) is 30.3 Å². The maximum absolute atomic E-state index is 12.9. The Bertz CT molecular complexity index is 1170. The lowest BCUT2D eigenvalue weighted by Crippen LogP contribution is -2.60. The fraction of sp³-hybridized carbons (Fsp3) is 0.630. The van der Waals surface area contributed by atoms with Crippen LogP contribution in [0.15, 0.2) is 97.2 Å². The molecule has 1 amide bonds. The van der Waals surface area contributed by atoms with Crippen molar-refractivity contribution < 1.29 is 39.8 Å². The number of nitrogens with one attached hydrogen (secondary N) is 1. The third-order valence-corrected chi connectivity index (χ3v) is 9.14. The molecule has 7 atom stereocenters. The Labute approximate surface area is 333 Å². The van der Waals surface area contributed by atoms with Crippen LogP contribution in [-0.4, -0.2) is 87.5 Å². The third-order valence-electron chi connectivity index (χ3n) is 9.14. The first kappa shape index (κ1) is 50.1. The number of hydrogen-bond acceptors (Lipinski definition) is 8. The topological polar surface area (TPSA) is 149 Å². The standard InChI is InChI=1S/C46H75NO8/c1-3-5-7-9-11-13-15-16-17-18-19-20-21-22-23-24-26-28-30-32-34-36-42(50)47-39(38-54-46-45(53)44(52)43(51)41(37-48)55-46)40(49)35-33-31-29-27-25-14-12-10-8-6-4-2/h5,7,11,13,16-17,19-20,22-23,25-28,33,35,39-41,43-46,48-49,51-53H,3-4,6,8-10,12,14-15,18,21,24,29-32,34,36-38H2,1-2H3,(H,47,50)/b7-5-,13-11-,17-16-,20-19-,23-22-,27-25+,28-26-,35-33+. The molecule has 1 heterocycles. The van der Waals surface area contributed by atoms with Crippen molar-refractivity contribution in [1.29, 1.82) is 0 Å². The molecule has 6 N–H and O–H groups in total. The van der Waals surface area contributed by atoms with Crippen LogP contribution < -0.4 is 5.32 Å². The maximum atomic E-state index is 12.9. The van der Waals surface area contributed by atoms with Crippen LogP contribution in [-0.2, 0) is 14.3 Å². The molecule has 0 aliphatic carbocycles. The van der Waals surface area contributed by atoms with Gasteiger partial charge in [0.15, 0.2) is 6.29 Å². The van der Waals surface area contributed by atoms with Crippen LogP contribution in [0.25, 0.3) is 0 Å². The Morgan fingerprint density at radius 3 is 1.73 bits per heavy atom. The van der Waals surface area contributed by atoms with E-state index in [1.165, 1.54) is 32.1 Å². The number of amides is 1. The van der Waals surface area contributed by atoms with Crippen molar-refractivity contribution in [2.75, 3.05) is 13.2 Å². The molecule has 9 nitrogen and oxygen atoms in total. The lowest BCUT2D eigenvalue weighted by atomic mass is 9.99. The van der Waals surface area contributed by atoms with Gasteiger partial charge in [-0.25, -0.2) is 0 Å². The minimum Gasteiger partial charge on any atom is -0.394 e. The first-order valence-corrected chi connectivity index (χ1v) is 21.0. The Morgan fingerprint density at radius 2 is 1.15 bits per heavy atom. The summed E-state index contributed by atoms with van der Waals surface area (Å²) in [6.45, 7) is 3.55. The number of aliphatic hydroxyl groups excluding tert-OH is 5. The average Bonchev–Trinajstić information content (AvgIpc) is 3.18. The summed E-state index contributed by atoms with van der Waals surface area (Å²) >= 11 is 0. The molecule has 0 aromatic rings. The lowest BCUT2D eigenvalue weighted by Gasteiger charge is -2.40. The molecule has 312 valence electrons. The quantitative estimate of drug-likeness (QED) is 0.0297. The van der Waals surface area contributed by atoms with Crippen molar-refractivity contribution >= 4 is 5.91 Å². The largest absolute Gasteiger partial charge is 0.394 e. The van der Waals surface area contributed by atoms with Crippen LogP contribution in [0.5, 0.6) is 0 Å². The van der Waals surface area contributed by atoms with Crippen molar-refractivity contribution in [1.82, 2.24) is 5.32 Å². The molecule has 0 saturated carbocycles. The van der Waals surface area contributed by atoms with Gasteiger partial charge in [0.25, 0.3) is 0 Å². The van der Waals surface area contributed by atoms with E-state index < -0.39 is 49.5 Å². The summed E-state index contributed by atoms with van der Waals surface area (Å²) in [7, 11) is 0. The second kappa shape index (κ2) is 35.5. The first-order chi connectivity index (χ1) is 26.8. The van der Waals surface area contributed by atoms with Crippen molar-refractivity contribution in [3.05, 3.63) is 97.2 Å². The second-order valence-corrected chi connectivity index (χ2v) is 14.0. The lowest BCUT2D eigenvalue weighted by molar-refractivity contribution is -0.302. The number of unbranched alkanes of at least 4 members (excludes halogenated alkanes) is 8. The summed E-state index contributed by atoms with van der Waals surface area (Å²) < 4.78 is 11.1. The molecule has 0 radical (unpaired) electrons. The number of carbonyl (C=O) groups is 1. The van der Waals surface area contributed by atoms with Gasteiger partial charge in [-0.05, 0) is 83.5 Å². The molecule has 0 spiro atoms. The molecule has 0 aromatic heterocycles. The van der Waals surface area contributed by atoms with Gasteiger partial charge in [-0.15, -0.1) is 0 Å². The molecule has 0 aromatic carbocycles. The van der Waals surface area contributed by atoms with E-state index in [0.29, 0.717) is 6.42 Å². The summed E-state index contributed by atoms with van der Waals surface area (Å²) in [5, 5.41) is 53.9. The number of carbonyl (C=O) groups excluding carboxylic acids is 1. The Morgan fingerprint density at radius 1 is 0.636 bits per heavy atom. The highest BCUT2D eigenvalue weighted by atomic mass is 16.7. The van der Waals surface area contributed by atoms with Crippen molar-refractivity contribution in [2.45, 2.75) is 172 Å². The minimum atomic E-state index is -1.58. The van der Waals surface area contributed by atoms with Crippen LogP contribution in [0.4, 0.5) is 0 Å². The van der Waals surface area contributed by atoms with Gasteiger partial charge >= 0.3 is 0 Å². The van der Waals surface area contributed by atoms with E-state index in [2.05, 4.69) is 104 Å². The van der Waals surface area contributed by atoms with E-state index in [4.69, 9.17) is 9.47 Å². The molecule has 9 heteroatoms. The normalized spacial score (nSPS) is 22.3. The zero-order valence-electron chi connectivity index (χ0n) is 33.9. The first-order valence-electron chi connectivity index (χ1n) is 21.0. The summed E-state index contributed by atoms with van der Waals surface area (Å²) in [5.74, 6) is -0.237. The Hall–Kier alpha value is -2.89. The monoisotopic (exact) mass is 770 g/mol. The van der Waals surface area contributed by atoms with Gasteiger partial charge in [0.05, 0.1) is 25.4 Å². The molecule has 1 aliphatic heterocycles. The second-order valence-electron chi connectivity index (χ2n) is 14.0. The summed E-state index contributed by atoms with van der Waals surface area (Å²) in [6, 6.07) is -0.849. The van der Waals surface area contributed by atoms with E-state index in [1.54, 1.807) is 6.08 Å². The molecule has 55 heavy (non-hydrogen) atoms. The Balaban J connectivity index is 2.44. The summed E-state index contributed by atoms with van der Waals surface area (Å²) in [6.07, 6.45) is 43.1. The molecule has 1 aliphatic rings. The third kappa shape index (κ3) is 26.6. The maximum Gasteiger partial charge on any atom is 0.220 e. The predicted octanol–water partition coefficient (Wildman–Crippen LogP) is 8.16. The zero-order chi connectivity index (χ0) is 40.2. The Kier molecular flexibility index (Phi) is 32.4. The van der Waals surface area contributed by atoms with Gasteiger partial charge in [0.2, 0.25) is 5.91 Å². The van der Waals surface area contributed by atoms with Crippen LogP contribution in [0, 0.1) is 0 Å². The average molecular weight is 770 g/mol. The van der Waals surface area contributed by atoms with E-state index in [1.807, 2.05) is 6.08 Å². The van der Waals surface area contributed by atoms with Crippen LogP contribution >= 0.6 is 0 Å². The number of ether oxygens (including phenoxy) is 2. The molecular formula is C46H75NO8. The zero-order valence-corrected chi connectivity index (χ0v) is 33.9. The number of aliphatic hydroxyl groups is 5. The van der Waals surface area contributed by atoms with E-state index in [-0.39, 0.29) is 18.9 Å². The van der Waals surface area contributed by atoms with Gasteiger partial charge in [0, 0.05) is 6.42 Å². The SMILES string of the molecule is CC/C=C\C/C=C\C/C=C\C/C=C\C/C=C\C/C=C\CCCCC(=O)NC(COC1OC(CO)C(O)C(O)C1O)C(O)/C=C/CC/C=C/CCCCCCC. The van der Waals surface area contributed by atoms with Crippen LogP contribution in [0.3, 0.4) is 0 Å². The highest BCUT2D eigenvalue weighted by Gasteiger charge is 2.44. The van der Waals surface area contributed by atoms with Crippen molar-refractivity contribution in [3.63, 3.8) is 0 Å². The molecule has 1 fully saturated rings. The van der Waals surface area contributed by atoms with Crippen LogP contribution in [0.1, 0.15) is 129 Å².